The Morgan fingerprint density at radius 3 is 2.80 bits per heavy atom. The summed E-state index contributed by atoms with van der Waals surface area (Å²) < 4.78 is 14.8. The molecule has 0 amide bonds. The third-order valence-electron chi connectivity index (χ3n) is 2.04. The average Bonchev–Trinajstić information content (AvgIpc) is 2.55. The molecule has 0 aliphatic carbocycles. The predicted molar refractivity (Wildman–Crippen MR) is 40.0 cm³/mol. The molecule has 7 heteroatoms. The van der Waals surface area contributed by atoms with Crippen LogP contribution in [0.2, 0.25) is 0 Å². The SMILES string of the molecule is O=C([O-])COC1(c2ccon2)COC1.[Na+]. The van der Waals surface area contributed by atoms with Crippen molar-refractivity contribution in [3.8, 4) is 0 Å². The summed E-state index contributed by atoms with van der Waals surface area (Å²) in [5.41, 5.74) is -0.224. The van der Waals surface area contributed by atoms with Crippen LogP contribution in [-0.4, -0.2) is 30.9 Å². The summed E-state index contributed by atoms with van der Waals surface area (Å²) in [6, 6.07) is 1.62. The van der Waals surface area contributed by atoms with E-state index in [4.69, 9.17) is 9.47 Å². The molecule has 2 rings (SSSR count). The van der Waals surface area contributed by atoms with Crippen LogP contribution in [0.3, 0.4) is 0 Å². The Balaban J connectivity index is 0.00000112. The van der Waals surface area contributed by atoms with Gasteiger partial charge in [0.05, 0.1) is 25.8 Å². The summed E-state index contributed by atoms with van der Waals surface area (Å²) in [7, 11) is 0. The number of ether oxygens (including phenoxy) is 2. The van der Waals surface area contributed by atoms with Crippen LogP contribution < -0.4 is 34.7 Å². The predicted octanol–water partition coefficient (Wildman–Crippen LogP) is -4.33. The summed E-state index contributed by atoms with van der Waals surface area (Å²) >= 11 is 0. The average molecular weight is 221 g/mol. The zero-order valence-corrected chi connectivity index (χ0v) is 10.3. The zero-order chi connectivity index (χ0) is 10.0. The maximum Gasteiger partial charge on any atom is 1.00 e. The Morgan fingerprint density at radius 1 is 1.67 bits per heavy atom. The molecule has 0 spiro atoms. The molecule has 0 saturated carbocycles. The van der Waals surface area contributed by atoms with E-state index in [1.54, 1.807) is 6.07 Å². The van der Waals surface area contributed by atoms with E-state index in [0.717, 1.165) is 0 Å². The van der Waals surface area contributed by atoms with Crippen molar-refractivity contribution in [3.63, 3.8) is 0 Å². The van der Waals surface area contributed by atoms with Gasteiger partial charge < -0.3 is 23.9 Å². The fraction of sp³-hybridized carbons (Fsp3) is 0.500. The molecule has 0 radical (unpaired) electrons. The van der Waals surface area contributed by atoms with Gasteiger partial charge in [-0.15, -0.1) is 0 Å². The Labute approximate surface area is 108 Å². The summed E-state index contributed by atoms with van der Waals surface area (Å²) in [5, 5.41) is 13.9. The first-order valence-corrected chi connectivity index (χ1v) is 4.05. The van der Waals surface area contributed by atoms with Gasteiger partial charge in [-0.25, -0.2) is 0 Å². The molecular formula is C8H8NNaO5. The molecule has 2 heterocycles. The molecule has 0 aromatic carbocycles. The number of carboxylic acids is 1. The maximum absolute atomic E-state index is 10.2. The first-order chi connectivity index (χ1) is 6.73. The van der Waals surface area contributed by atoms with Crippen LogP contribution in [0, 0.1) is 0 Å². The summed E-state index contributed by atoms with van der Waals surface area (Å²) in [5.74, 6) is -1.26. The molecule has 0 unspecified atom stereocenters. The van der Waals surface area contributed by atoms with Crippen LogP contribution in [0.25, 0.3) is 0 Å². The van der Waals surface area contributed by atoms with Crippen LogP contribution in [0.1, 0.15) is 5.69 Å². The fourth-order valence-corrected chi connectivity index (χ4v) is 1.24. The molecule has 6 nitrogen and oxygen atoms in total. The van der Waals surface area contributed by atoms with Gasteiger partial charge in [-0.05, 0) is 0 Å². The van der Waals surface area contributed by atoms with Crippen LogP contribution in [0.4, 0.5) is 0 Å². The van der Waals surface area contributed by atoms with Gasteiger partial charge in [0.15, 0.2) is 5.60 Å². The molecule has 0 bridgehead atoms. The van der Waals surface area contributed by atoms with Gasteiger partial charge in [0.1, 0.15) is 12.0 Å². The van der Waals surface area contributed by atoms with Crippen molar-refractivity contribution in [3.05, 3.63) is 18.0 Å². The Morgan fingerprint density at radius 2 is 2.40 bits per heavy atom. The van der Waals surface area contributed by atoms with Crippen molar-refractivity contribution in [2.45, 2.75) is 5.60 Å². The van der Waals surface area contributed by atoms with E-state index in [-0.39, 0.29) is 42.8 Å². The quantitative estimate of drug-likeness (QED) is 0.478. The van der Waals surface area contributed by atoms with Gasteiger partial charge in [0.2, 0.25) is 0 Å². The van der Waals surface area contributed by atoms with E-state index < -0.39 is 18.2 Å². The van der Waals surface area contributed by atoms with Gasteiger partial charge in [-0.1, -0.05) is 5.16 Å². The minimum absolute atomic E-state index is 0. The Kier molecular flexibility index (Phi) is 4.30. The molecule has 76 valence electrons. The second-order valence-corrected chi connectivity index (χ2v) is 3.03. The third-order valence-corrected chi connectivity index (χ3v) is 2.04. The number of hydrogen-bond donors (Lipinski definition) is 0. The van der Waals surface area contributed by atoms with Crippen LogP contribution in [0.15, 0.2) is 16.9 Å². The molecule has 1 aliphatic rings. The molecule has 1 aliphatic heterocycles. The monoisotopic (exact) mass is 221 g/mol. The zero-order valence-electron chi connectivity index (χ0n) is 8.26. The van der Waals surface area contributed by atoms with Crippen LogP contribution >= 0.6 is 0 Å². The van der Waals surface area contributed by atoms with Gasteiger partial charge >= 0.3 is 29.6 Å². The van der Waals surface area contributed by atoms with E-state index in [2.05, 4.69) is 9.68 Å². The molecule has 15 heavy (non-hydrogen) atoms. The van der Waals surface area contributed by atoms with Crippen molar-refractivity contribution >= 4 is 5.97 Å². The molecule has 1 saturated heterocycles. The molecule has 1 aromatic rings. The number of aliphatic carboxylic acids is 1. The first kappa shape index (κ1) is 12.7. The minimum Gasteiger partial charge on any atom is -0.548 e. The number of carboxylic acid groups (broad SMARTS) is 1. The Hall–Kier alpha value is -0.400. The second kappa shape index (κ2) is 5.09. The topological polar surface area (TPSA) is 84.6 Å². The van der Waals surface area contributed by atoms with E-state index in [1.165, 1.54) is 6.26 Å². The second-order valence-electron chi connectivity index (χ2n) is 3.03. The van der Waals surface area contributed by atoms with Gasteiger partial charge in [0, 0.05) is 6.07 Å². The van der Waals surface area contributed by atoms with E-state index in [9.17, 15) is 9.90 Å². The first-order valence-electron chi connectivity index (χ1n) is 4.05. The molecule has 0 atom stereocenters. The van der Waals surface area contributed by atoms with Crippen molar-refractivity contribution in [1.29, 1.82) is 0 Å². The fourth-order valence-electron chi connectivity index (χ4n) is 1.24. The molecular weight excluding hydrogens is 213 g/mol. The Bertz CT molecular complexity index is 322. The smallest absolute Gasteiger partial charge is 0.548 e. The van der Waals surface area contributed by atoms with Gasteiger partial charge in [-0.3, -0.25) is 0 Å². The normalized spacial score (nSPS) is 17.6. The number of aromatic nitrogens is 1. The van der Waals surface area contributed by atoms with Crippen LogP contribution in [-0.2, 0) is 19.9 Å². The van der Waals surface area contributed by atoms with Crippen molar-refractivity contribution in [2.24, 2.45) is 0 Å². The molecule has 1 fully saturated rings. The van der Waals surface area contributed by atoms with E-state index in [1.807, 2.05) is 0 Å². The van der Waals surface area contributed by atoms with E-state index >= 15 is 0 Å². The van der Waals surface area contributed by atoms with Crippen LogP contribution in [0.5, 0.6) is 0 Å². The van der Waals surface area contributed by atoms with E-state index in [0.29, 0.717) is 5.69 Å². The van der Waals surface area contributed by atoms with Crippen molar-refractivity contribution < 1.29 is 53.5 Å². The van der Waals surface area contributed by atoms with Crippen molar-refractivity contribution in [1.82, 2.24) is 5.16 Å². The number of nitrogens with zero attached hydrogens (tertiary/aromatic N) is 1. The minimum atomic E-state index is -1.26. The summed E-state index contributed by atoms with van der Waals surface area (Å²) in [4.78, 5) is 10.2. The molecule has 0 N–H and O–H groups in total. The summed E-state index contributed by atoms with van der Waals surface area (Å²) in [6.07, 6.45) is 1.40. The largest absolute Gasteiger partial charge is 1.00 e. The van der Waals surface area contributed by atoms with Gasteiger partial charge in [0.25, 0.3) is 0 Å². The van der Waals surface area contributed by atoms with Crippen molar-refractivity contribution in [2.75, 3.05) is 19.8 Å². The van der Waals surface area contributed by atoms with Gasteiger partial charge in [-0.2, -0.15) is 0 Å². The molecule has 1 aromatic heterocycles. The number of rotatable bonds is 4. The third kappa shape index (κ3) is 2.59. The number of carbonyl (C=O) groups excluding carboxylic acids is 1. The number of hydrogen-bond acceptors (Lipinski definition) is 6. The number of carbonyl (C=O) groups is 1. The summed E-state index contributed by atoms with van der Waals surface area (Å²) in [6.45, 7) is 0.0931. The standard InChI is InChI=1S/C8H9NO5.Na/c10-7(11)3-13-8(4-12-5-8)6-1-2-14-9-6;/h1-2H,3-5H2,(H,10,11);/q;+1/p-1. The maximum atomic E-state index is 10.2.